The zero-order valence-corrected chi connectivity index (χ0v) is 13.9. The van der Waals surface area contributed by atoms with E-state index in [2.05, 4.69) is 10.3 Å². The molecule has 1 aliphatic rings. The van der Waals surface area contributed by atoms with Crippen molar-refractivity contribution in [2.45, 2.75) is 37.2 Å². The third-order valence-corrected chi connectivity index (χ3v) is 4.64. The number of carbonyl (C=O) groups excluding carboxylic acids is 1. The summed E-state index contributed by atoms with van der Waals surface area (Å²) in [4.78, 5) is 16.9. The van der Waals surface area contributed by atoms with Crippen molar-refractivity contribution >= 4 is 16.8 Å². The molecule has 2 N–H and O–H groups in total. The Hall–Kier alpha value is -2.28. The molecule has 0 radical (unpaired) electrons. The first-order chi connectivity index (χ1) is 11.8. The first-order valence-corrected chi connectivity index (χ1v) is 8.14. The quantitative estimate of drug-likeness (QED) is 0.889. The predicted molar refractivity (Wildman–Crippen MR) is 89.0 cm³/mol. The molecule has 1 fully saturated rings. The number of pyridine rings is 1. The lowest BCUT2D eigenvalue weighted by Crippen LogP contribution is -2.47. The number of hydrogen-bond donors (Lipinski definition) is 2. The number of carbonyl (C=O) groups is 1. The molecule has 1 aromatic heterocycles. The lowest BCUT2D eigenvalue weighted by atomic mass is 9.82. The van der Waals surface area contributed by atoms with Gasteiger partial charge in [-0.2, -0.15) is 0 Å². The summed E-state index contributed by atoms with van der Waals surface area (Å²) in [5.41, 5.74) is -0.320. The van der Waals surface area contributed by atoms with Crippen LogP contribution in [0.2, 0.25) is 0 Å². The van der Waals surface area contributed by atoms with E-state index in [1.807, 2.05) is 0 Å². The Morgan fingerprint density at radius 3 is 2.64 bits per heavy atom. The van der Waals surface area contributed by atoms with Gasteiger partial charge < -0.3 is 15.2 Å². The zero-order chi connectivity index (χ0) is 18.1. The van der Waals surface area contributed by atoms with Gasteiger partial charge >= 0.3 is 0 Å². The van der Waals surface area contributed by atoms with Crippen molar-refractivity contribution in [2.75, 3.05) is 13.7 Å². The number of fused-ring (bicyclic) bond motifs is 1. The number of alkyl halides is 2. The topological polar surface area (TPSA) is 71.5 Å². The lowest BCUT2D eigenvalue weighted by Gasteiger charge is -2.35. The molecule has 0 bridgehead atoms. The summed E-state index contributed by atoms with van der Waals surface area (Å²) in [7, 11) is 1.46. The van der Waals surface area contributed by atoms with Gasteiger partial charge in [-0.05, 0) is 18.9 Å². The van der Waals surface area contributed by atoms with E-state index in [1.54, 1.807) is 24.3 Å². The van der Waals surface area contributed by atoms with Crippen LogP contribution in [0.25, 0.3) is 10.9 Å². The van der Waals surface area contributed by atoms with Crippen molar-refractivity contribution in [1.29, 1.82) is 0 Å². The molecule has 0 aliphatic heterocycles. The van der Waals surface area contributed by atoms with E-state index in [4.69, 9.17) is 4.74 Å². The van der Waals surface area contributed by atoms with Gasteiger partial charge in [0.1, 0.15) is 0 Å². The van der Waals surface area contributed by atoms with Crippen molar-refractivity contribution in [3.8, 4) is 5.88 Å². The summed E-state index contributed by atoms with van der Waals surface area (Å²) in [6.07, 6.45) is -0.821. The predicted octanol–water partition coefficient (Wildman–Crippen LogP) is 2.91. The molecule has 1 aliphatic carbocycles. The van der Waals surface area contributed by atoms with Crippen LogP contribution in [0.5, 0.6) is 5.88 Å². The molecule has 0 atom stereocenters. The Bertz CT molecular complexity index is 785. The summed E-state index contributed by atoms with van der Waals surface area (Å²) < 4.78 is 31.6. The van der Waals surface area contributed by atoms with E-state index in [0.29, 0.717) is 22.3 Å². The van der Waals surface area contributed by atoms with Crippen LogP contribution in [-0.4, -0.2) is 41.2 Å². The van der Waals surface area contributed by atoms with E-state index in [1.165, 1.54) is 13.2 Å². The number of benzene rings is 1. The molecule has 134 valence electrons. The highest BCUT2D eigenvalue weighted by Crippen LogP contribution is 2.38. The van der Waals surface area contributed by atoms with Crippen LogP contribution in [-0.2, 0) is 0 Å². The number of nitrogens with one attached hydrogen (secondary N) is 1. The molecule has 1 saturated carbocycles. The number of hydrogen-bond acceptors (Lipinski definition) is 4. The Morgan fingerprint density at radius 2 is 1.96 bits per heavy atom. The number of halogens is 2. The van der Waals surface area contributed by atoms with Gasteiger partial charge in [-0.1, -0.05) is 18.2 Å². The highest BCUT2D eigenvalue weighted by atomic mass is 19.3. The first-order valence-electron chi connectivity index (χ1n) is 8.14. The number of methoxy groups -OCH3 is 1. The second-order valence-electron chi connectivity index (χ2n) is 6.49. The Labute approximate surface area is 144 Å². The molecular formula is C18H20F2N2O3. The maximum absolute atomic E-state index is 13.3. The van der Waals surface area contributed by atoms with Crippen molar-refractivity contribution in [2.24, 2.45) is 0 Å². The molecule has 1 aromatic carbocycles. The molecule has 25 heavy (non-hydrogen) atoms. The van der Waals surface area contributed by atoms with Crippen LogP contribution in [0, 0.1) is 0 Å². The summed E-state index contributed by atoms with van der Waals surface area (Å²) in [5, 5.41) is 13.7. The van der Waals surface area contributed by atoms with Crippen molar-refractivity contribution < 1.29 is 23.4 Å². The minimum atomic E-state index is -2.73. The minimum Gasteiger partial charge on any atom is -0.481 e. The normalized spacial score (nSPS) is 18.7. The monoisotopic (exact) mass is 350 g/mol. The molecular weight excluding hydrogens is 330 g/mol. The highest BCUT2D eigenvalue weighted by molar-refractivity contribution is 6.06. The van der Waals surface area contributed by atoms with E-state index in [-0.39, 0.29) is 32.2 Å². The number of aromatic nitrogens is 1. The van der Waals surface area contributed by atoms with Crippen molar-refractivity contribution in [1.82, 2.24) is 10.3 Å². The van der Waals surface area contributed by atoms with Gasteiger partial charge in [-0.15, -0.1) is 0 Å². The SMILES string of the molecule is COc1cc(C(=O)NCC2(O)CCC(F)(F)CC2)c2ccccc2n1. The van der Waals surface area contributed by atoms with E-state index in [0.717, 1.165) is 0 Å². The van der Waals surface area contributed by atoms with Crippen molar-refractivity contribution in [3.05, 3.63) is 35.9 Å². The summed E-state index contributed by atoms with van der Waals surface area (Å²) in [6, 6.07) is 8.67. The number of nitrogens with zero attached hydrogens (tertiary/aromatic N) is 1. The second-order valence-corrected chi connectivity index (χ2v) is 6.49. The minimum absolute atomic E-state index is 0.0410. The zero-order valence-electron chi connectivity index (χ0n) is 13.9. The van der Waals surface area contributed by atoms with Crippen molar-refractivity contribution in [3.63, 3.8) is 0 Å². The summed E-state index contributed by atoms with van der Waals surface area (Å²) in [6.45, 7) is -0.0686. The third kappa shape index (κ3) is 3.87. The van der Waals surface area contributed by atoms with Gasteiger partial charge in [0.25, 0.3) is 5.91 Å². The fraction of sp³-hybridized carbons (Fsp3) is 0.444. The average molecular weight is 350 g/mol. The fourth-order valence-electron chi connectivity index (χ4n) is 3.04. The van der Waals surface area contributed by atoms with Gasteiger partial charge in [0, 0.05) is 30.8 Å². The van der Waals surface area contributed by atoms with Gasteiger partial charge in [0.2, 0.25) is 11.8 Å². The number of rotatable bonds is 4. The first kappa shape index (κ1) is 17.5. The Morgan fingerprint density at radius 1 is 1.28 bits per heavy atom. The Balaban J connectivity index is 1.77. The Kier molecular flexibility index (Phi) is 4.60. The number of amides is 1. The second kappa shape index (κ2) is 6.55. The van der Waals surface area contributed by atoms with Gasteiger partial charge in [-0.25, -0.2) is 13.8 Å². The van der Waals surface area contributed by atoms with Gasteiger partial charge in [0.05, 0.1) is 23.8 Å². The molecule has 7 heteroatoms. The summed E-state index contributed by atoms with van der Waals surface area (Å²) in [5.74, 6) is -2.83. The molecule has 5 nitrogen and oxygen atoms in total. The standard InChI is InChI=1S/C18H20F2N2O3/c1-25-15-10-13(12-4-2-3-5-14(12)22-15)16(23)21-11-17(24)6-8-18(19,20)9-7-17/h2-5,10,24H,6-9,11H2,1H3,(H,21,23). The molecule has 0 spiro atoms. The van der Waals surface area contributed by atoms with Crippen LogP contribution < -0.4 is 10.1 Å². The molecule has 3 rings (SSSR count). The van der Waals surface area contributed by atoms with Crippen LogP contribution in [0.4, 0.5) is 8.78 Å². The van der Waals surface area contributed by atoms with E-state index >= 15 is 0 Å². The summed E-state index contributed by atoms with van der Waals surface area (Å²) >= 11 is 0. The smallest absolute Gasteiger partial charge is 0.252 e. The maximum Gasteiger partial charge on any atom is 0.252 e. The highest BCUT2D eigenvalue weighted by Gasteiger charge is 2.42. The van der Waals surface area contributed by atoms with Gasteiger partial charge in [0.15, 0.2) is 0 Å². The van der Waals surface area contributed by atoms with Crippen LogP contribution >= 0.6 is 0 Å². The van der Waals surface area contributed by atoms with Crippen LogP contribution in [0.15, 0.2) is 30.3 Å². The molecule has 0 unspecified atom stereocenters. The molecule has 2 aromatic rings. The van der Waals surface area contributed by atoms with Gasteiger partial charge in [-0.3, -0.25) is 4.79 Å². The van der Waals surface area contributed by atoms with E-state index < -0.39 is 17.4 Å². The molecule has 0 saturated heterocycles. The number of ether oxygens (including phenoxy) is 1. The number of aliphatic hydroxyl groups is 1. The van der Waals surface area contributed by atoms with E-state index in [9.17, 15) is 18.7 Å². The number of para-hydroxylation sites is 1. The third-order valence-electron chi connectivity index (χ3n) is 4.64. The van der Waals surface area contributed by atoms with Crippen LogP contribution in [0.3, 0.4) is 0 Å². The van der Waals surface area contributed by atoms with Crippen LogP contribution in [0.1, 0.15) is 36.0 Å². The molecule has 1 heterocycles. The lowest BCUT2D eigenvalue weighted by molar-refractivity contribution is -0.101. The fourth-order valence-corrected chi connectivity index (χ4v) is 3.04. The molecule has 1 amide bonds. The average Bonchev–Trinajstić information content (AvgIpc) is 2.62. The largest absolute Gasteiger partial charge is 0.481 e. The maximum atomic E-state index is 13.3.